The number of rotatable bonds is 1. The Kier molecular flexibility index (Phi) is 2.73. The summed E-state index contributed by atoms with van der Waals surface area (Å²) in [6, 6.07) is 6.07. The van der Waals surface area contributed by atoms with Gasteiger partial charge in [0.2, 0.25) is 0 Å². The summed E-state index contributed by atoms with van der Waals surface area (Å²) in [6.45, 7) is 3.92. The Morgan fingerprint density at radius 1 is 1.33 bits per heavy atom. The van der Waals surface area contributed by atoms with Crippen LogP contribution < -0.4 is 0 Å². The summed E-state index contributed by atoms with van der Waals surface area (Å²) in [5, 5.41) is 9.28. The zero-order valence-electron chi connectivity index (χ0n) is 7.19. The summed E-state index contributed by atoms with van der Waals surface area (Å²) in [5.74, 6) is 0. The van der Waals surface area contributed by atoms with Crippen LogP contribution in [0, 0.1) is 25.2 Å². The largest absolute Gasteiger partial charge is 0.198 e. The molecule has 1 rings (SSSR count). The summed E-state index contributed by atoms with van der Waals surface area (Å²) >= 11 is 6.03. The molecular formula is C10H10ClN. The molecule has 0 atom stereocenters. The number of nitrogens with zero attached hydrogens (tertiary/aromatic N) is 1. The van der Waals surface area contributed by atoms with Crippen LogP contribution in [0.5, 0.6) is 0 Å². The first-order chi connectivity index (χ1) is 5.66. The van der Waals surface area contributed by atoms with E-state index in [2.05, 4.69) is 6.07 Å². The second-order valence-corrected chi connectivity index (χ2v) is 3.20. The smallest absolute Gasteiger partial charge is 0.0670 e. The zero-order valence-corrected chi connectivity index (χ0v) is 7.94. The number of halogens is 1. The van der Waals surface area contributed by atoms with Crippen LogP contribution in [0.3, 0.4) is 0 Å². The standard InChI is InChI=1S/C10H10ClN/c1-7-3-4-8(2)10(11)9(7)5-6-12/h3-4H,5H2,1-2H3. The maximum Gasteiger partial charge on any atom is 0.0670 e. The molecule has 12 heavy (non-hydrogen) atoms. The predicted molar refractivity (Wildman–Crippen MR) is 50.2 cm³/mol. The van der Waals surface area contributed by atoms with Gasteiger partial charge in [0.15, 0.2) is 0 Å². The van der Waals surface area contributed by atoms with E-state index < -0.39 is 0 Å². The Balaban J connectivity index is 3.25. The molecule has 0 saturated carbocycles. The van der Waals surface area contributed by atoms with E-state index in [1.54, 1.807) is 0 Å². The quantitative estimate of drug-likeness (QED) is 0.650. The van der Waals surface area contributed by atoms with Crippen molar-refractivity contribution in [1.82, 2.24) is 0 Å². The first-order valence-corrected chi connectivity index (χ1v) is 4.16. The lowest BCUT2D eigenvalue weighted by molar-refractivity contribution is 1.20. The summed E-state index contributed by atoms with van der Waals surface area (Å²) in [6.07, 6.45) is 0.395. The summed E-state index contributed by atoms with van der Waals surface area (Å²) in [5.41, 5.74) is 3.08. The van der Waals surface area contributed by atoms with Gasteiger partial charge >= 0.3 is 0 Å². The number of hydrogen-bond donors (Lipinski definition) is 0. The van der Waals surface area contributed by atoms with Gasteiger partial charge in [-0.15, -0.1) is 0 Å². The minimum Gasteiger partial charge on any atom is -0.198 e. The third-order valence-electron chi connectivity index (χ3n) is 1.93. The van der Waals surface area contributed by atoms with Gasteiger partial charge in [0.1, 0.15) is 0 Å². The molecule has 0 aromatic heterocycles. The van der Waals surface area contributed by atoms with Gasteiger partial charge in [0.05, 0.1) is 12.5 Å². The molecular weight excluding hydrogens is 170 g/mol. The van der Waals surface area contributed by atoms with Crippen molar-refractivity contribution in [1.29, 1.82) is 5.26 Å². The van der Waals surface area contributed by atoms with Gasteiger partial charge in [-0.1, -0.05) is 23.7 Å². The van der Waals surface area contributed by atoms with E-state index in [-0.39, 0.29) is 0 Å². The van der Waals surface area contributed by atoms with Gasteiger partial charge in [-0.3, -0.25) is 0 Å². The highest BCUT2D eigenvalue weighted by molar-refractivity contribution is 6.32. The van der Waals surface area contributed by atoms with Gasteiger partial charge in [0, 0.05) is 5.02 Å². The average molecular weight is 180 g/mol. The van der Waals surface area contributed by atoms with E-state index in [0.29, 0.717) is 6.42 Å². The maximum absolute atomic E-state index is 8.55. The maximum atomic E-state index is 8.55. The fourth-order valence-corrected chi connectivity index (χ4v) is 1.41. The summed E-state index contributed by atoms with van der Waals surface area (Å²) in [4.78, 5) is 0. The van der Waals surface area contributed by atoms with E-state index >= 15 is 0 Å². The predicted octanol–water partition coefficient (Wildman–Crippen LogP) is 3.02. The molecule has 0 unspecified atom stereocenters. The Bertz CT molecular complexity index is 336. The molecule has 0 amide bonds. The van der Waals surface area contributed by atoms with Crippen LogP contribution in [0.15, 0.2) is 12.1 Å². The van der Waals surface area contributed by atoms with Gasteiger partial charge in [0.25, 0.3) is 0 Å². The van der Waals surface area contributed by atoms with Crippen LogP contribution in [0.1, 0.15) is 16.7 Å². The molecule has 1 aromatic carbocycles. The fraction of sp³-hybridized carbons (Fsp3) is 0.300. The van der Waals surface area contributed by atoms with Crippen molar-refractivity contribution in [3.8, 4) is 6.07 Å². The molecule has 62 valence electrons. The molecule has 2 heteroatoms. The second kappa shape index (κ2) is 3.60. The van der Waals surface area contributed by atoms with Crippen LogP contribution in [0.25, 0.3) is 0 Å². The van der Waals surface area contributed by atoms with Crippen LogP contribution in [0.2, 0.25) is 5.02 Å². The lowest BCUT2D eigenvalue weighted by atomic mass is 10.0. The minimum absolute atomic E-state index is 0.395. The Labute approximate surface area is 77.6 Å². The van der Waals surface area contributed by atoms with E-state index in [4.69, 9.17) is 16.9 Å². The first-order valence-electron chi connectivity index (χ1n) is 3.78. The lowest BCUT2D eigenvalue weighted by Gasteiger charge is -2.06. The van der Waals surface area contributed by atoms with E-state index in [9.17, 15) is 0 Å². The first kappa shape index (κ1) is 9.09. The zero-order chi connectivity index (χ0) is 9.14. The highest BCUT2D eigenvalue weighted by Gasteiger charge is 2.05. The second-order valence-electron chi connectivity index (χ2n) is 2.83. The van der Waals surface area contributed by atoms with Gasteiger partial charge in [-0.2, -0.15) is 5.26 Å². The highest BCUT2D eigenvalue weighted by Crippen LogP contribution is 2.23. The molecule has 0 fully saturated rings. The molecule has 0 aliphatic carbocycles. The average Bonchev–Trinajstić information content (AvgIpc) is 2.06. The SMILES string of the molecule is Cc1ccc(C)c(CC#N)c1Cl. The topological polar surface area (TPSA) is 23.8 Å². The Hall–Kier alpha value is -1.00. The molecule has 0 heterocycles. The minimum atomic E-state index is 0.395. The molecule has 0 aliphatic heterocycles. The number of benzene rings is 1. The van der Waals surface area contributed by atoms with E-state index in [0.717, 1.165) is 21.7 Å². The molecule has 0 aliphatic rings. The van der Waals surface area contributed by atoms with Crippen LogP contribution >= 0.6 is 11.6 Å². The Morgan fingerprint density at radius 2 is 1.92 bits per heavy atom. The molecule has 1 nitrogen and oxygen atoms in total. The number of hydrogen-bond acceptors (Lipinski definition) is 1. The summed E-state index contributed by atoms with van der Waals surface area (Å²) < 4.78 is 0. The molecule has 0 spiro atoms. The van der Waals surface area contributed by atoms with Crippen molar-refractivity contribution in [2.75, 3.05) is 0 Å². The van der Waals surface area contributed by atoms with Crippen molar-refractivity contribution in [3.63, 3.8) is 0 Å². The Morgan fingerprint density at radius 3 is 2.50 bits per heavy atom. The molecule has 0 radical (unpaired) electrons. The lowest BCUT2D eigenvalue weighted by Crippen LogP contribution is -1.91. The molecule has 0 saturated heterocycles. The molecule has 0 bridgehead atoms. The van der Waals surface area contributed by atoms with Crippen molar-refractivity contribution >= 4 is 11.6 Å². The third-order valence-corrected chi connectivity index (χ3v) is 2.45. The monoisotopic (exact) mass is 179 g/mol. The number of nitriles is 1. The third kappa shape index (κ3) is 1.60. The van der Waals surface area contributed by atoms with E-state index in [1.807, 2.05) is 26.0 Å². The van der Waals surface area contributed by atoms with Crippen LogP contribution in [0.4, 0.5) is 0 Å². The van der Waals surface area contributed by atoms with Gasteiger partial charge in [-0.05, 0) is 30.5 Å². The van der Waals surface area contributed by atoms with Crippen molar-refractivity contribution in [2.45, 2.75) is 20.3 Å². The normalized spacial score (nSPS) is 9.50. The fourth-order valence-electron chi connectivity index (χ4n) is 1.13. The molecule has 0 N–H and O–H groups in total. The van der Waals surface area contributed by atoms with E-state index in [1.165, 1.54) is 0 Å². The van der Waals surface area contributed by atoms with Crippen LogP contribution in [-0.2, 0) is 6.42 Å². The molecule has 1 aromatic rings. The van der Waals surface area contributed by atoms with Crippen molar-refractivity contribution < 1.29 is 0 Å². The highest BCUT2D eigenvalue weighted by atomic mass is 35.5. The summed E-state index contributed by atoms with van der Waals surface area (Å²) in [7, 11) is 0. The van der Waals surface area contributed by atoms with Crippen molar-refractivity contribution in [2.24, 2.45) is 0 Å². The van der Waals surface area contributed by atoms with Crippen molar-refractivity contribution in [3.05, 3.63) is 33.8 Å². The van der Waals surface area contributed by atoms with Crippen LogP contribution in [-0.4, -0.2) is 0 Å². The van der Waals surface area contributed by atoms with Gasteiger partial charge in [-0.25, -0.2) is 0 Å². The van der Waals surface area contributed by atoms with Gasteiger partial charge < -0.3 is 0 Å². The number of aryl methyl sites for hydroxylation is 2.